The summed E-state index contributed by atoms with van der Waals surface area (Å²) in [5.74, 6) is -0.530. The Kier molecular flexibility index (Phi) is 7.30. The second-order valence-electron chi connectivity index (χ2n) is 8.30. The number of carbonyl (C=O) groups excluding carboxylic acids is 2. The third-order valence-corrected chi connectivity index (χ3v) is 6.57. The van der Waals surface area contributed by atoms with Gasteiger partial charge in [-0.3, -0.25) is 5.32 Å². The van der Waals surface area contributed by atoms with Crippen LogP contribution in [0.25, 0.3) is 16.7 Å². The monoisotopic (exact) mass is 482 g/mol. The maximum atomic E-state index is 13.0. The van der Waals surface area contributed by atoms with Gasteiger partial charge in [-0.1, -0.05) is 54.1 Å². The lowest BCUT2D eigenvalue weighted by atomic mass is 9.92. The first-order chi connectivity index (χ1) is 15.5. The van der Waals surface area contributed by atoms with E-state index in [4.69, 9.17) is 16.3 Å². The predicted molar refractivity (Wildman–Crippen MR) is 137 cm³/mol. The molecule has 5 nitrogen and oxygen atoms in total. The minimum Gasteiger partial charge on any atom is -0.465 e. The number of urea groups is 1. The number of benzene rings is 2. The molecule has 172 valence electrons. The quantitative estimate of drug-likeness (QED) is 0.363. The summed E-state index contributed by atoms with van der Waals surface area (Å²) in [5.41, 5.74) is 4.01. The van der Waals surface area contributed by atoms with Gasteiger partial charge in [0.05, 0.1) is 12.6 Å². The number of halogens is 1. The summed E-state index contributed by atoms with van der Waals surface area (Å²) in [6.07, 6.45) is 0. The molecule has 1 heterocycles. The fourth-order valence-corrected chi connectivity index (χ4v) is 4.83. The number of rotatable bonds is 6. The Hall–Kier alpha value is -3.09. The molecule has 0 unspecified atom stereocenters. The molecular weight excluding hydrogens is 456 g/mol. The zero-order valence-corrected chi connectivity index (χ0v) is 20.9. The SMILES string of the molecule is C=C(C)c1cccc(C(C)(C)NC(=O)Nc2sc(C)c(-c3cccc(Cl)c3)c2C(=O)OC)c1. The van der Waals surface area contributed by atoms with Gasteiger partial charge in [0.2, 0.25) is 0 Å². The maximum absolute atomic E-state index is 13.0. The highest BCUT2D eigenvalue weighted by Crippen LogP contribution is 2.41. The molecule has 7 heteroatoms. The van der Waals surface area contributed by atoms with E-state index < -0.39 is 17.5 Å². The van der Waals surface area contributed by atoms with Crippen LogP contribution >= 0.6 is 22.9 Å². The zero-order valence-electron chi connectivity index (χ0n) is 19.3. The molecule has 0 spiro atoms. The van der Waals surface area contributed by atoms with Crippen molar-refractivity contribution in [2.75, 3.05) is 12.4 Å². The Morgan fingerprint density at radius 1 is 1.12 bits per heavy atom. The standard InChI is InChI=1S/C26H27ClN2O3S/c1-15(2)17-9-7-11-19(13-17)26(4,5)29-25(31)28-23-22(24(30)32-6)21(16(3)33-23)18-10-8-12-20(27)14-18/h7-14H,1H2,2-6H3,(H2,28,29,31). The van der Waals surface area contributed by atoms with Crippen molar-refractivity contribution in [3.05, 3.63) is 81.7 Å². The summed E-state index contributed by atoms with van der Waals surface area (Å²) in [6.45, 7) is 11.7. The summed E-state index contributed by atoms with van der Waals surface area (Å²) >= 11 is 7.48. The van der Waals surface area contributed by atoms with Crippen molar-refractivity contribution in [1.29, 1.82) is 0 Å². The number of esters is 1. The van der Waals surface area contributed by atoms with Crippen molar-refractivity contribution in [3.8, 4) is 11.1 Å². The van der Waals surface area contributed by atoms with E-state index in [1.165, 1.54) is 18.4 Å². The molecule has 0 aliphatic heterocycles. The van der Waals surface area contributed by atoms with Crippen LogP contribution in [0.4, 0.5) is 9.80 Å². The van der Waals surface area contributed by atoms with Gasteiger partial charge in [0, 0.05) is 15.5 Å². The first-order valence-electron chi connectivity index (χ1n) is 10.4. The van der Waals surface area contributed by atoms with Gasteiger partial charge in [-0.15, -0.1) is 11.3 Å². The molecule has 0 saturated heterocycles. The van der Waals surface area contributed by atoms with Gasteiger partial charge in [-0.2, -0.15) is 0 Å². The Morgan fingerprint density at radius 3 is 2.45 bits per heavy atom. The van der Waals surface area contributed by atoms with E-state index in [2.05, 4.69) is 17.2 Å². The summed E-state index contributed by atoms with van der Waals surface area (Å²) in [6, 6.07) is 14.7. The van der Waals surface area contributed by atoms with Crippen molar-refractivity contribution in [3.63, 3.8) is 0 Å². The fourth-order valence-electron chi connectivity index (χ4n) is 3.58. The number of hydrogen-bond donors (Lipinski definition) is 2. The number of anilines is 1. The normalized spacial score (nSPS) is 11.1. The zero-order chi connectivity index (χ0) is 24.3. The van der Waals surface area contributed by atoms with Crippen molar-refractivity contribution < 1.29 is 14.3 Å². The first kappa shape index (κ1) is 24.6. The molecular formula is C26H27ClN2O3S. The highest BCUT2D eigenvalue weighted by molar-refractivity contribution is 7.17. The van der Waals surface area contributed by atoms with Gasteiger partial charge in [0.15, 0.2) is 0 Å². The average molecular weight is 483 g/mol. The summed E-state index contributed by atoms with van der Waals surface area (Å²) in [7, 11) is 1.32. The lowest BCUT2D eigenvalue weighted by Crippen LogP contribution is -2.43. The molecule has 2 N–H and O–H groups in total. The lowest BCUT2D eigenvalue weighted by molar-refractivity contribution is 0.0603. The third kappa shape index (κ3) is 5.46. The Labute approximate surface area is 203 Å². The summed E-state index contributed by atoms with van der Waals surface area (Å²) in [5, 5.41) is 6.82. The number of methoxy groups -OCH3 is 1. The molecule has 1 aromatic heterocycles. The van der Waals surface area contributed by atoms with Crippen LogP contribution in [0.1, 0.15) is 47.1 Å². The highest BCUT2D eigenvalue weighted by atomic mass is 35.5. The van der Waals surface area contributed by atoms with Gasteiger partial charge in [0.25, 0.3) is 0 Å². The molecule has 0 aliphatic rings. The molecule has 33 heavy (non-hydrogen) atoms. The maximum Gasteiger partial charge on any atom is 0.341 e. The van der Waals surface area contributed by atoms with Crippen LogP contribution in [-0.4, -0.2) is 19.1 Å². The van der Waals surface area contributed by atoms with Gasteiger partial charge < -0.3 is 10.1 Å². The molecule has 2 amide bonds. The third-order valence-electron chi connectivity index (χ3n) is 5.32. The number of carbonyl (C=O) groups is 2. The van der Waals surface area contributed by atoms with E-state index >= 15 is 0 Å². The fraction of sp³-hybridized carbons (Fsp3) is 0.231. The second-order valence-corrected chi connectivity index (χ2v) is 9.97. The average Bonchev–Trinajstić information content (AvgIpc) is 3.08. The Morgan fingerprint density at radius 2 is 1.82 bits per heavy atom. The molecule has 0 fully saturated rings. The Bertz CT molecular complexity index is 1230. The van der Waals surface area contributed by atoms with Crippen LogP contribution in [0, 0.1) is 6.92 Å². The summed E-state index contributed by atoms with van der Waals surface area (Å²) < 4.78 is 5.02. The highest BCUT2D eigenvalue weighted by Gasteiger charge is 2.28. The molecule has 3 aromatic rings. The number of nitrogens with one attached hydrogen (secondary N) is 2. The second kappa shape index (κ2) is 9.81. The van der Waals surface area contributed by atoms with E-state index in [1.807, 2.05) is 64.1 Å². The largest absolute Gasteiger partial charge is 0.465 e. The van der Waals surface area contributed by atoms with E-state index in [9.17, 15) is 9.59 Å². The van der Waals surface area contributed by atoms with E-state index in [-0.39, 0.29) is 0 Å². The van der Waals surface area contributed by atoms with Gasteiger partial charge in [0.1, 0.15) is 10.6 Å². The minimum atomic E-state index is -0.664. The molecule has 0 aliphatic carbocycles. The number of amides is 2. The molecule has 0 bridgehead atoms. The van der Waals surface area contributed by atoms with Gasteiger partial charge >= 0.3 is 12.0 Å². The van der Waals surface area contributed by atoms with Crippen molar-refractivity contribution in [2.45, 2.75) is 33.2 Å². The van der Waals surface area contributed by atoms with Crippen LogP contribution in [0.2, 0.25) is 5.02 Å². The van der Waals surface area contributed by atoms with Crippen LogP contribution in [0.3, 0.4) is 0 Å². The number of allylic oxidation sites excluding steroid dienone is 1. The first-order valence-corrected chi connectivity index (χ1v) is 11.6. The summed E-state index contributed by atoms with van der Waals surface area (Å²) in [4.78, 5) is 26.5. The molecule has 3 rings (SSSR count). The topological polar surface area (TPSA) is 67.4 Å². The van der Waals surface area contributed by atoms with E-state index in [1.54, 1.807) is 12.1 Å². The van der Waals surface area contributed by atoms with Gasteiger partial charge in [-0.05, 0) is 62.6 Å². The van der Waals surface area contributed by atoms with E-state index in [0.29, 0.717) is 21.2 Å². The molecule has 2 aromatic carbocycles. The number of ether oxygens (including phenoxy) is 1. The lowest BCUT2D eigenvalue weighted by Gasteiger charge is -2.27. The number of hydrogen-bond acceptors (Lipinski definition) is 4. The van der Waals surface area contributed by atoms with Gasteiger partial charge in [-0.25, -0.2) is 9.59 Å². The molecule has 0 radical (unpaired) electrons. The van der Waals surface area contributed by atoms with E-state index in [0.717, 1.165) is 27.1 Å². The van der Waals surface area contributed by atoms with Crippen LogP contribution in [0.5, 0.6) is 0 Å². The van der Waals surface area contributed by atoms with Crippen LogP contribution in [-0.2, 0) is 10.3 Å². The van der Waals surface area contributed by atoms with Crippen molar-refractivity contribution in [1.82, 2.24) is 5.32 Å². The molecule has 0 saturated carbocycles. The predicted octanol–water partition coefficient (Wildman–Crippen LogP) is 7.25. The Balaban J connectivity index is 1.92. The molecule has 0 atom stereocenters. The smallest absolute Gasteiger partial charge is 0.341 e. The van der Waals surface area contributed by atoms with Crippen molar-refractivity contribution in [2.24, 2.45) is 0 Å². The van der Waals surface area contributed by atoms with Crippen LogP contribution < -0.4 is 10.6 Å². The van der Waals surface area contributed by atoms with Crippen LogP contribution in [0.15, 0.2) is 55.1 Å². The number of aryl methyl sites for hydroxylation is 1. The van der Waals surface area contributed by atoms with Crippen molar-refractivity contribution >= 4 is 45.5 Å². The number of thiophene rings is 1. The minimum absolute atomic E-state index is 0.305.